The van der Waals surface area contributed by atoms with Crippen molar-refractivity contribution in [2.45, 2.75) is 26.3 Å². The lowest BCUT2D eigenvalue weighted by atomic mass is 10.2. The Bertz CT molecular complexity index is 571. The lowest BCUT2D eigenvalue weighted by Gasteiger charge is -2.15. The number of hydrogen-bond donors (Lipinski definition) is 0. The Kier molecular flexibility index (Phi) is 4.57. The fourth-order valence-corrected chi connectivity index (χ4v) is 2.16. The average molecular weight is 290 g/mol. The zero-order chi connectivity index (χ0) is 15.4. The highest BCUT2D eigenvalue weighted by Gasteiger charge is 2.43. The van der Waals surface area contributed by atoms with Gasteiger partial charge in [0.2, 0.25) is 0 Å². The Morgan fingerprint density at radius 1 is 1.10 bits per heavy atom. The Morgan fingerprint density at radius 3 is 2.48 bits per heavy atom. The summed E-state index contributed by atoms with van der Waals surface area (Å²) in [5.41, 5.74) is 0.737. The third-order valence-corrected chi connectivity index (χ3v) is 3.35. The summed E-state index contributed by atoms with van der Waals surface area (Å²) in [5.74, 6) is -0.865. The third kappa shape index (κ3) is 3.04. The molecule has 1 heterocycles. The van der Waals surface area contributed by atoms with Crippen LogP contribution in [0.5, 0.6) is 5.75 Å². The van der Waals surface area contributed by atoms with E-state index >= 15 is 0 Å². The molecule has 0 saturated carbocycles. The summed E-state index contributed by atoms with van der Waals surface area (Å²) in [6.07, 6.45) is 1.54. The largest absolute Gasteiger partial charge is 0.497 e. The molecule has 1 aliphatic rings. The van der Waals surface area contributed by atoms with Gasteiger partial charge in [-0.3, -0.25) is 19.4 Å². The van der Waals surface area contributed by atoms with Gasteiger partial charge in [-0.1, -0.05) is 25.5 Å². The number of hydrogen-bond acceptors (Lipinski definition) is 4. The minimum absolute atomic E-state index is 0.0727. The molecule has 0 unspecified atom stereocenters. The van der Waals surface area contributed by atoms with Gasteiger partial charge in [0.1, 0.15) is 5.75 Å². The number of methoxy groups -OCH3 is 1. The summed E-state index contributed by atoms with van der Waals surface area (Å²) in [6, 6.07) is 6.52. The van der Waals surface area contributed by atoms with Gasteiger partial charge in [0.05, 0.1) is 13.7 Å². The van der Waals surface area contributed by atoms with E-state index in [1.54, 1.807) is 31.4 Å². The monoisotopic (exact) mass is 290 g/mol. The van der Waals surface area contributed by atoms with Gasteiger partial charge in [0, 0.05) is 6.54 Å². The number of carbonyl (C=O) groups excluding carboxylic acids is 3. The van der Waals surface area contributed by atoms with E-state index in [4.69, 9.17) is 4.74 Å². The van der Waals surface area contributed by atoms with Crippen LogP contribution in [0.2, 0.25) is 0 Å². The maximum Gasteiger partial charge on any atom is 0.334 e. The number of imide groups is 2. The van der Waals surface area contributed by atoms with Crippen LogP contribution in [0.15, 0.2) is 24.3 Å². The second-order valence-electron chi connectivity index (χ2n) is 4.84. The van der Waals surface area contributed by atoms with Crippen LogP contribution in [0, 0.1) is 0 Å². The highest BCUT2D eigenvalue weighted by Crippen LogP contribution is 2.19. The number of amides is 4. The molecule has 0 aromatic heterocycles. The summed E-state index contributed by atoms with van der Waals surface area (Å²) in [5, 5.41) is 0. The van der Waals surface area contributed by atoms with E-state index in [0.717, 1.165) is 21.8 Å². The van der Waals surface area contributed by atoms with E-state index in [0.29, 0.717) is 12.2 Å². The topological polar surface area (TPSA) is 66.9 Å². The van der Waals surface area contributed by atoms with Crippen LogP contribution < -0.4 is 4.74 Å². The molecule has 0 atom stereocenters. The number of rotatable bonds is 6. The molecule has 6 heteroatoms. The van der Waals surface area contributed by atoms with Crippen molar-refractivity contribution in [1.29, 1.82) is 0 Å². The maximum absolute atomic E-state index is 12.2. The van der Waals surface area contributed by atoms with Crippen molar-refractivity contribution < 1.29 is 19.1 Å². The van der Waals surface area contributed by atoms with Gasteiger partial charge < -0.3 is 4.74 Å². The molecule has 0 bridgehead atoms. The summed E-state index contributed by atoms with van der Waals surface area (Å²) >= 11 is 0. The number of unbranched alkanes of at least 4 members (excludes halogenated alkanes) is 1. The van der Waals surface area contributed by atoms with Crippen LogP contribution in [0.3, 0.4) is 0 Å². The molecule has 1 aliphatic heterocycles. The molecule has 0 spiro atoms. The molecule has 6 nitrogen and oxygen atoms in total. The zero-order valence-electron chi connectivity index (χ0n) is 12.2. The SMILES string of the molecule is CCCCN1C(=O)C(=O)N(Cc2cccc(OC)c2)C1=O. The molecule has 1 aromatic carbocycles. The van der Waals surface area contributed by atoms with Crippen molar-refractivity contribution in [1.82, 2.24) is 9.80 Å². The van der Waals surface area contributed by atoms with E-state index in [-0.39, 0.29) is 13.1 Å². The second-order valence-corrected chi connectivity index (χ2v) is 4.84. The fourth-order valence-electron chi connectivity index (χ4n) is 2.16. The molecule has 0 aliphatic carbocycles. The highest BCUT2D eigenvalue weighted by molar-refractivity contribution is 6.44. The number of nitrogens with zero attached hydrogens (tertiary/aromatic N) is 2. The predicted octanol–water partition coefficient (Wildman–Crippen LogP) is 1.79. The molecule has 1 fully saturated rings. The third-order valence-electron chi connectivity index (χ3n) is 3.35. The van der Waals surface area contributed by atoms with Crippen LogP contribution in [0.25, 0.3) is 0 Å². The minimum Gasteiger partial charge on any atom is -0.497 e. The summed E-state index contributed by atoms with van der Waals surface area (Å²) < 4.78 is 5.10. The highest BCUT2D eigenvalue weighted by atomic mass is 16.5. The van der Waals surface area contributed by atoms with Crippen molar-refractivity contribution in [3.8, 4) is 5.75 Å². The second kappa shape index (κ2) is 6.39. The standard InChI is InChI=1S/C15H18N2O4/c1-3-4-8-16-13(18)14(19)17(15(16)20)10-11-6-5-7-12(9-11)21-2/h5-7,9H,3-4,8,10H2,1-2H3. The van der Waals surface area contributed by atoms with E-state index in [9.17, 15) is 14.4 Å². The molecule has 21 heavy (non-hydrogen) atoms. The number of urea groups is 1. The van der Waals surface area contributed by atoms with Crippen molar-refractivity contribution >= 4 is 17.8 Å². The molecule has 1 aromatic rings. The predicted molar refractivity (Wildman–Crippen MR) is 75.6 cm³/mol. The molecule has 1 saturated heterocycles. The first-order chi connectivity index (χ1) is 10.1. The van der Waals surface area contributed by atoms with Crippen molar-refractivity contribution in [2.24, 2.45) is 0 Å². The van der Waals surface area contributed by atoms with Crippen LogP contribution in [-0.2, 0) is 16.1 Å². The average Bonchev–Trinajstić information content (AvgIpc) is 2.70. The van der Waals surface area contributed by atoms with Gasteiger partial charge in [0.25, 0.3) is 0 Å². The van der Waals surface area contributed by atoms with Crippen molar-refractivity contribution in [3.63, 3.8) is 0 Å². The lowest BCUT2D eigenvalue weighted by molar-refractivity contribution is -0.143. The molecule has 0 radical (unpaired) electrons. The number of ether oxygens (including phenoxy) is 1. The van der Waals surface area contributed by atoms with E-state index in [2.05, 4.69) is 0 Å². The summed E-state index contributed by atoms with van der Waals surface area (Å²) in [4.78, 5) is 37.9. The fraction of sp³-hybridized carbons (Fsp3) is 0.400. The first kappa shape index (κ1) is 15.0. The lowest BCUT2D eigenvalue weighted by Crippen LogP contribution is -2.33. The smallest absolute Gasteiger partial charge is 0.334 e. The first-order valence-corrected chi connectivity index (χ1v) is 6.88. The normalized spacial score (nSPS) is 15.0. The van der Waals surface area contributed by atoms with E-state index in [1.165, 1.54) is 0 Å². The van der Waals surface area contributed by atoms with Gasteiger partial charge in [-0.15, -0.1) is 0 Å². The van der Waals surface area contributed by atoms with E-state index < -0.39 is 17.8 Å². The quantitative estimate of drug-likeness (QED) is 0.591. The molecule has 4 amide bonds. The molecule has 2 rings (SSSR count). The Hall–Kier alpha value is -2.37. The Morgan fingerprint density at radius 2 is 1.81 bits per heavy atom. The Balaban J connectivity index is 2.14. The van der Waals surface area contributed by atoms with Crippen LogP contribution >= 0.6 is 0 Å². The first-order valence-electron chi connectivity index (χ1n) is 6.88. The van der Waals surface area contributed by atoms with Crippen LogP contribution in [0.4, 0.5) is 4.79 Å². The molecular formula is C15H18N2O4. The van der Waals surface area contributed by atoms with Gasteiger partial charge in [0.15, 0.2) is 0 Å². The van der Waals surface area contributed by atoms with Crippen molar-refractivity contribution in [3.05, 3.63) is 29.8 Å². The maximum atomic E-state index is 12.2. The molecule has 0 N–H and O–H groups in total. The van der Waals surface area contributed by atoms with Gasteiger partial charge in [-0.2, -0.15) is 0 Å². The minimum atomic E-state index is -0.765. The van der Waals surface area contributed by atoms with Crippen LogP contribution in [-0.4, -0.2) is 41.3 Å². The molecule has 112 valence electrons. The van der Waals surface area contributed by atoms with Crippen molar-refractivity contribution in [2.75, 3.05) is 13.7 Å². The van der Waals surface area contributed by atoms with Crippen LogP contribution in [0.1, 0.15) is 25.3 Å². The zero-order valence-corrected chi connectivity index (χ0v) is 12.2. The van der Waals surface area contributed by atoms with E-state index in [1.807, 2.05) is 6.92 Å². The molecular weight excluding hydrogens is 272 g/mol. The summed E-state index contributed by atoms with van der Waals surface area (Å²) in [6.45, 7) is 2.32. The number of benzene rings is 1. The summed E-state index contributed by atoms with van der Waals surface area (Å²) in [7, 11) is 1.54. The van der Waals surface area contributed by atoms with Gasteiger partial charge in [-0.05, 0) is 24.1 Å². The Labute approximate surface area is 123 Å². The van der Waals surface area contributed by atoms with Gasteiger partial charge in [-0.25, -0.2) is 4.79 Å². The number of carbonyl (C=O) groups is 3. The van der Waals surface area contributed by atoms with Gasteiger partial charge >= 0.3 is 17.8 Å².